The van der Waals surface area contributed by atoms with Crippen molar-refractivity contribution in [3.63, 3.8) is 0 Å². The number of aromatic nitrogens is 2. The highest BCUT2D eigenvalue weighted by atomic mass is 19.4. The summed E-state index contributed by atoms with van der Waals surface area (Å²) in [4.78, 5) is 12.6. The predicted molar refractivity (Wildman–Crippen MR) is 110 cm³/mol. The van der Waals surface area contributed by atoms with Gasteiger partial charge in [0.1, 0.15) is 0 Å². The highest BCUT2D eigenvalue weighted by Gasteiger charge is 2.31. The van der Waals surface area contributed by atoms with Gasteiger partial charge in [0.05, 0.1) is 23.2 Å². The van der Waals surface area contributed by atoms with E-state index in [2.05, 4.69) is 10.4 Å². The lowest BCUT2D eigenvalue weighted by atomic mass is 10.1. The molecule has 0 unspecified atom stereocenters. The van der Waals surface area contributed by atoms with Gasteiger partial charge in [0.2, 0.25) is 0 Å². The van der Waals surface area contributed by atoms with Gasteiger partial charge in [-0.05, 0) is 48.0 Å². The van der Waals surface area contributed by atoms with Crippen molar-refractivity contribution >= 4 is 22.6 Å². The van der Waals surface area contributed by atoms with E-state index in [9.17, 15) is 31.1 Å². The SMILES string of the molecule is O=C(Nc1nn(Cc2ccc(C(F)(F)F)cc2)c2ccccc12)c1cccc(C(F)(F)F)c1. The van der Waals surface area contributed by atoms with Crippen molar-refractivity contribution in [1.82, 2.24) is 9.78 Å². The number of hydrogen-bond acceptors (Lipinski definition) is 2. The van der Waals surface area contributed by atoms with Crippen molar-refractivity contribution in [3.8, 4) is 0 Å². The zero-order chi connectivity index (χ0) is 23.8. The number of hydrogen-bond donors (Lipinski definition) is 1. The lowest BCUT2D eigenvalue weighted by molar-refractivity contribution is -0.138. The van der Waals surface area contributed by atoms with Crippen molar-refractivity contribution < 1.29 is 31.1 Å². The summed E-state index contributed by atoms with van der Waals surface area (Å²) < 4.78 is 78.7. The first kappa shape index (κ1) is 22.4. The van der Waals surface area contributed by atoms with E-state index in [-0.39, 0.29) is 17.9 Å². The van der Waals surface area contributed by atoms with Crippen molar-refractivity contribution in [2.24, 2.45) is 0 Å². The van der Waals surface area contributed by atoms with Crippen LogP contribution in [0.1, 0.15) is 27.0 Å². The third-order valence-corrected chi connectivity index (χ3v) is 4.96. The number of benzene rings is 3. The monoisotopic (exact) mass is 463 g/mol. The molecule has 0 atom stereocenters. The molecule has 1 amide bonds. The average Bonchev–Trinajstić information content (AvgIpc) is 3.10. The van der Waals surface area contributed by atoms with Gasteiger partial charge in [0.25, 0.3) is 5.91 Å². The highest BCUT2D eigenvalue weighted by Crippen LogP contribution is 2.31. The van der Waals surface area contributed by atoms with Gasteiger partial charge in [0.15, 0.2) is 5.82 Å². The summed E-state index contributed by atoms with van der Waals surface area (Å²) in [6, 6.07) is 15.4. The van der Waals surface area contributed by atoms with Crippen LogP contribution in [0.4, 0.5) is 32.2 Å². The van der Waals surface area contributed by atoms with E-state index < -0.39 is 29.4 Å². The van der Waals surface area contributed by atoms with Gasteiger partial charge < -0.3 is 5.32 Å². The first-order valence-electron chi connectivity index (χ1n) is 9.63. The summed E-state index contributed by atoms with van der Waals surface area (Å²) in [6.07, 6.45) is -9.04. The van der Waals surface area contributed by atoms with Crippen LogP contribution in [0, 0.1) is 0 Å². The van der Waals surface area contributed by atoms with Crippen LogP contribution < -0.4 is 5.32 Å². The van der Waals surface area contributed by atoms with Crippen LogP contribution in [-0.2, 0) is 18.9 Å². The maximum atomic E-state index is 13.0. The fraction of sp³-hybridized carbons (Fsp3) is 0.130. The third-order valence-electron chi connectivity index (χ3n) is 4.96. The van der Waals surface area contributed by atoms with Crippen molar-refractivity contribution in [2.45, 2.75) is 18.9 Å². The molecule has 4 nitrogen and oxygen atoms in total. The molecule has 33 heavy (non-hydrogen) atoms. The Balaban J connectivity index is 1.62. The zero-order valence-corrected chi connectivity index (χ0v) is 16.7. The molecule has 0 radical (unpaired) electrons. The first-order chi connectivity index (χ1) is 15.5. The standard InChI is InChI=1S/C23H15F6N3O/c24-22(25,26)16-10-8-14(9-11-16)13-32-19-7-2-1-6-18(19)20(31-32)30-21(33)15-4-3-5-17(12-15)23(27,28)29/h1-12H,13H2,(H,30,31,33). The number of para-hydroxylation sites is 1. The zero-order valence-electron chi connectivity index (χ0n) is 16.7. The number of amides is 1. The fourth-order valence-electron chi connectivity index (χ4n) is 3.33. The Morgan fingerprint density at radius 1 is 0.818 bits per heavy atom. The molecule has 0 saturated heterocycles. The van der Waals surface area contributed by atoms with Crippen LogP contribution in [0.2, 0.25) is 0 Å². The van der Waals surface area contributed by atoms with Crippen molar-refractivity contribution in [1.29, 1.82) is 0 Å². The molecule has 1 aromatic heterocycles. The molecule has 0 spiro atoms. The lowest BCUT2D eigenvalue weighted by Crippen LogP contribution is -2.14. The molecular weight excluding hydrogens is 448 g/mol. The first-order valence-corrected chi connectivity index (χ1v) is 9.63. The largest absolute Gasteiger partial charge is 0.416 e. The summed E-state index contributed by atoms with van der Waals surface area (Å²) >= 11 is 0. The number of carbonyl (C=O) groups excluding carboxylic acids is 1. The van der Waals surface area contributed by atoms with E-state index in [0.29, 0.717) is 16.5 Å². The molecule has 0 bridgehead atoms. The number of halogens is 6. The van der Waals surface area contributed by atoms with Crippen LogP contribution in [0.5, 0.6) is 0 Å². The minimum atomic E-state index is -4.59. The van der Waals surface area contributed by atoms with E-state index in [1.807, 2.05) is 0 Å². The molecule has 1 N–H and O–H groups in total. The van der Waals surface area contributed by atoms with E-state index in [4.69, 9.17) is 0 Å². The van der Waals surface area contributed by atoms with Crippen molar-refractivity contribution in [3.05, 3.63) is 95.1 Å². The molecule has 0 aliphatic carbocycles. The summed E-state index contributed by atoms with van der Waals surface area (Å²) in [6.45, 7) is 0.123. The van der Waals surface area contributed by atoms with Gasteiger partial charge in [-0.3, -0.25) is 9.48 Å². The number of nitrogens with one attached hydrogen (secondary N) is 1. The second-order valence-corrected chi connectivity index (χ2v) is 7.25. The second-order valence-electron chi connectivity index (χ2n) is 7.25. The van der Waals surface area contributed by atoms with Crippen LogP contribution in [0.3, 0.4) is 0 Å². The van der Waals surface area contributed by atoms with Gasteiger partial charge in [-0.15, -0.1) is 0 Å². The van der Waals surface area contributed by atoms with E-state index in [0.717, 1.165) is 30.3 Å². The second kappa shape index (κ2) is 8.27. The maximum absolute atomic E-state index is 13.0. The number of anilines is 1. The number of alkyl halides is 6. The fourth-order valence-corrected chi connectivity index (χ4v) is 3.33. The molecule has 4 rings (SSSR count). The molecular formula is C23H15F6N3O. The summed E-state index contributed by atoms with van der Waals surface area (Å²) in [5.74, 6) is -0.647. The van der Waals surface area contributed by atoms with Crippen LogP contribution in [0.25, 0.3) is 10.9 Å². The van der Waals surface area contributed by atoms with E-state index in [1.54, 1.807) is 24.3 Å². The number of rotatable bonds is 4. The molecule has 10 heteroatoms. The van der Waals surface area contributed by atoms with Gasteiger partial charge in [0, 0.05) is 10.9 Å². The topological polar surface area (TPSA) is 46.9 Å². The lowest BCUT2D eigenvalue weighted by Gasteiger charge is -2.09. The van der Waals surface area contributed by atoms with E-state index in [1.165, 1.54) is 22.9 Å². The van der Waals surface area contributed by atoms with Crippen LogP contribution in [-0.4, -0.2) is 15.7 Å². The number of fused-ring (bicyclic) bond motifs is 1. The Morgan fingerprint density at radius 2 is 1.48 bits per heavy atom. The molecule has 4 aromatic rings. The third kappa shape index (κ3) is 4.84. The minimum absolute atomic E-state index is 0.123. The average molecular weight is 463 g/mol. The molecule has 1 heterocycles. The predicted octanol–water partition coefficient (Wildman–Crippen LogP) is 6.37. The minimum Gasteiger partial charge on any atom is -0.305 e. The maximum Gasteiger partial charge on any atom is 0.416 e. The summed E-state index contributed by atoms with van der Waals surface area (Å²) in [7, 11) is 0. The van der Waals surface area contributed by atoms with Gasteiger partial charge in [-0.25, -0.2) is 0 Å². The van der Waals surface area contributed by atoms with Gasteiger partial charge >= 0.3 is 12.4 Å². The molecule has 0 saturated carbocycles. The van der Waals surface area contributed by atoms with E-state index >= 15 is 0 Å². The molecule has 0 aliphatic heterocycles. The van der Waals surface area contributed by atoms with Crippen LogP contribution in [0.15, 0.2) is 72.8 Å². The molecule has 3 aromatic carbocycles. The smallest absolute Gasteiger partial charge is 0.305 e. The quantitative estimate of drug-likeness (QED) is 0.357. The summed E-state index contributed by atoms with van der Waals surface area (Å²) in [5, 5.41) is 7.39. The molecule has 170 valence electrons. The Hall–Kier alpha value is -3.82. The Morgan fingerprint density at radius 3 is 2.15 bits per heavy atom. The Kier molecular flexibility index (Phi) is 5.61. The van der Waals surface area contributed by atoms with Crippen LogP contribution >= 0.6 is 0 Å². The summed E-state index contributed by atoms with van der Waals surface area (Å²) in [5.41, 5.74) is -0.770. The normalized spacial score (nSPS) is 12.2. The Labute approximate surface area is 183 Å². The van der Waals surface area contributed by atoms with Gasteiger partial charge in [-0.2, -0.15) is 31.4 Å². The van der Waals surface area contributed by atoms with Crippen molar-refractivity contribution in [2.75, 3.05) is 5.32 Å². The number of carbonyl (C=O) groups is 1. The highest BCUT2D eigenvalue weighted by molar-refractivity contribution is 6.08. The van der Waals surface area contributed by atoms with Gasteiger partial charge in [-0.1, -0.05) is 30.3 Å². The number of nitrogens with zero attached hydrogens (tertiary/aromatic N) is 2. The molecule has 0 aliphatic rings. The Bertz CT molecular complexity index is 1310. The molecule has 0 fully saturated rings.